The van der Waals surface area contributed by atoms with E-state index in [9.17, 15) is 4.79 Å². The van der Waals surface area contributed by atoms with Crippen LogP contribution in [0.25, 0.3) is 0 Å². The highest BCUT2D eigenvalue weighted by Crippen LogP contribution is 2.35. The summed E-state index contributed by atoms with van der Waals surface area (Å²) in [6.07, 6.45) is 2.49. The number of fused-ring (bicyclic) bond motifs is 1. The fourth-order valence-electron chi connectivity index (χ4n) is 1.73. The van der Waals surface area contributed by atoms with Crippen LogP contribution in [0.15, 0.2) is 6.20 Å². The largest absolute Gasteiger partial charge is 0.293 e. The van der Waals surface area contributed by atoms with Gasteiger partial charge in [0.2, 0.25) is 0 Å². The van der Waals surface area contributed by atoms with Crippen LogP contribution in [0.5, 0.6) is 0 Å². The Balaban J connectivity index is 2.57. The third-order valence-electron chi connectivity index (χ3n) is 2.53. The van der Waals surface area contributed by atoms with Crippen LogP contribution in [0, 0.1) is 5.41 Å². The average Bonchev–Trinajstić information content (AvgIpc) is 2.40. The van der Waals surface area contributed by atoms with Gasteiger partial charge in [-0.2, -0.15) is 5.10 Å². The highest BCUT2D eigenvalue weighted by Gasteiger charge is 2.39. The van der Waals surface area contributed by atoms with Gasteiger partial charge in [-0.1, -0.05) is 13.8 Å². The molecule has 1 aromatic heterocycles. The maximum Gasteiger partial charge on any atom is 0.172 e. The summed E-state index contributed by atoms with van der Waals surface area (Å²) in [5.74, 6) is 0.227. The van der Waals surface area contributed by atoms with Gasteiger partial charge in [-0.25, -0.2) is 0 Å². The van der Waals surface area contributed by atoms with Crippen LogP contribution in [0.4, 0.5) is 0 Å². The van der Waals surface area contributed by atoms with Gasteiger partial charge in [0.1, 0.15) is 0 Å². The molecule has 0 atom stereocenters. The van der Waals surface area contributed by atoms with Crippen LogP contribution in [0.1, 0.15) is 29.9 Å². The molecule has 0 amide bonds. The van der Waals surface area contributed by atoms with Crippen molar-refractivity contribution in [3.63, 3.8) is 0 Å². The molecule has 1 aromatic rings. The highest BCUT2D eigenvalue weighted by atomic mass is 16.1. The van der Waals surface area contributed by atoms with Gasteiger partial charge in [0.05, 0.1) is 11.8 Å². The Kier molecular flexibility index (Phi) is 1.24. The molecule has 0 unspecified atom stereocenters. The molecule has 0 aromatic carbocycles. The number of nitrogens with zero attached hydrogens (tertiary/aromatic N) is 2. The number of aryl methyl sites for hydroxylation is 1. The minimum atomic E-state index is -0.217. The van der Waals surface area contributed by atoms with Crippen molar-refractivity contribution in [3.8, 4) is 0 Å². The van der Waals surface area contributed by atoms with Gasteiger partial charge in [-0.05, 0) is 0 Å². The van der Waals surface area contributed by atoms with Gasteiger partial charge < -0.3 is 0 Å². The Morgan fingerprint density at radius 2 is 2.25 bits per heavy atom. The Hall–Kier alpha value is -1.12. The van der Waals surface area contributed by atoms with Gasteiger partial charge in [0, 0.05) is 24.6 Å². The zero-order valence-electron chi connectivity index (χ0n) is 7.59. The molecule has 1 aliphatic rings. The van der Waals surface area contributed by atoms with Crippen molar-refractivity contribution in [1.29, 1.82) is 0 Å². The van der Waals surface area contributed by atoms with Crippen molar-refractivity contribution in [2.24, 2.45) is 12.5 Å². The number of carbonyl (C=O) groups is 1. The third-order valence-corrected chi connectivity index (χ3v) is 2.53. The number of Topliss-reactive ketones (excluding diaryl/α,β-unsaturated/α-hetero) is 1. The fraction of sp³-hybridized carbons (Fsp3) is 0.556. The van der Waals surface area contributed by atoms with E-state index in [1.165, 1.54) is 0 Å². The summed E-state index contributed by atoms with van der Waals surface area (Å²) >= 11 is 0. The number of hydrogen-bond donors (Lipinski definition) is 0. The third kappa shape index (κ3) is 0.763. The summed E-state index contributed by atoms with van der Waals surface area (Å²) < 4.78 is 1.79. The van der Waals surface area contributed by atoms with E-state index < -0.39 is 0 Å². The minimum absolute atomic E-state index is 0.217. The second-order valence-corrected chi connectivity index (χ2v) is 4.02. The highest BCUT2D eigenvalue weighted by molar-refractivity contribution is 6.03. The Morgan fingerprint density at radius 3 is 2.83 bits per heavy atom. The van der Waals surface area contributed by atoms with Crippen LogP contribution in [0.3, 0.4) is 0 Å². The molecule has 0 N–H and O–H groups in total. The van der Waals surface area contributed by atoms with Crippen LogP contribution in [0.2, 0.25) is 0 Å². The van der Waals surface area contributed by atoms with Crippen LogP contribution < -0.4 is 0 Å². The van der Waals surface area contributed by atoms with Crippen molar-refractivity contribution < 1.29 is 4.79 Å². The van der Waals surface area contributed by atoms with Crippen LogP contribution >= 0.6 is 0 Å². The monoisotopic (exact) mass is 164 g/mol. The second kappa shape index (κ2) is 1.97. The van der Waals surface area contributed by atoms with Gasteiger partial charge in [0.25, 0.3) is 0 Å². The molecule has 0 saturated heterocycles. The van der Waals surface area contributed by atoms with E-state index in [1.807, 2.05) is 20.9 Å². The van der Waals surface area contributed by atoms with E-state index in [4.69, 9.17) is 0 Å². The molecular weight excluding hydrogens is 152 g/mol. The molecule has 3 nitrogen and oxygen atoms in total. The summed E-state index contributed by atoms with van der Waals surface area (Å²) in [6.45, 7) is 3.96. The lowest BCUT2D eigenvalue weighted by Crippen LogP contribution is -2.19. The molecular formula is C9H12N2O. The first-order valence-electron chi connectivity index (χ1n) is 4.08. The normalized spacial score (nSPS) is 19.8. The van der Waals surface area contributed by atoms with Gasteiger partial charge in [-0.15, -0.1) is 0 Å². The van der Waals surface area contributed by atoms with Crippen molar-refractivity contribution in [2.75, 3.05) is 0 Å². The van der Waals surface area contributed by atoms with Crippen molar-refractivity contribution in [3.05, 3.63) is 17.5 Å². The number of ketones is 1. The summed E-state index contributed by atoms with van der Waals surface area (Å²) in [4.78, 5) is 11.7. The molecule has 0 spiro atoms. The first-order chi connectivity index (χ1) is 5.52. The maximum absolute atomic E-state index is 11.7. The minimum Gasteiger partial charge on any atom is -0.293 e. The quantitative estimate of drug-likeness (QED) is 0.577. The van der Waals surface area contributed by atoms with Crippen LogP contribution in [-0.4, -0.2) is 15.6 Å². The number of hydrogen-bond acceptors (Lipinski definition) is 2. The molecule has 0 aliphatic heterocycles. The first-order valence-corrected chi connectivity index (χ1v) is 4.08. The van der Waals surface area contributed by atoms with Gasteiger partial charge >= 0.3 is 0 Å². The predicted molar refractivity (Wildman–Crippen MR) is 45.0 cm³/mol. The van der Waals surface area contributed by atoms with E-state index in [0.717, 1.165) is 17.7 Å². The van der Waals surface area contributed by atoms with Crippen molar-refractivity contribution in [1.82, 2.24) is 9.78 Å². The van der Waals surface area contributed by atoms with Gasteiger partial charge in [-0.3, -0.25) is 9.48 Å². The molecule has 0 saturated carbocycles. The van der Waals surface area contributed by atoms with E-state index in [0.29, 0.717) is 0 Å². The van der Waals surface area contributed by atoms with Crippen molar-refractivity contribution in [2.45, 2.75) is 20.3 Å². The Morgan fingerprint density at radius 1 is 1.58 bits per heavy atom. The molecule has 1 heterocycles. The number of aromatic nitrogens is 2. The molecule has 12 heavy (non-hydrogen) atoms. The topological polar surface area (TPSA) is 34.9 Å². The first kappa shape index (κ1) is 7.53. The smallest absolute Gasteiger partial charge is 0.172 e. The summed E-state index contributed by atoms with van der Waals surface area (Å²) in [5.41, 5.74) is 1.67. The lowest BCUT2D eigenvalue weighted by atomic mass is 9.89. The molecule has 2 rings (SSSR count). The summed E-state index contributed by atoms with van der Waals surface area (Å²) in [5, 5.41) is 4.05. The standard InChI is InChI=1S/C9H12N2O/c1-9(2)4-7-6(8(9)12)5-10-11(7)3/h5H,4H2,1-3H3. The zero-order chi connectivity index (χ0) is 8.93. The maximum atomic E-state index is 11.7. The molecule has 1 aliphatic carbocycles. The van der Waals surface area contributed by atoms with E-state index in [1.54, 1.807) is 10.9 Å². The lowest BCUT2D eigenvalue weighted by molar-refractivity contribution is 0.0862. The van der Waals surface area contributed by atoms with E-state index in [-0.39, 0.29) is 11.2 Å². The molecule has 0 bridgehead atoms. The average molecular weight is 164 g/mol. The Labute approximate surface area is 71.4 Å². The molecule has 64 valence electrons. The Bertz CT molecular complexity index is 349. The summed E-state index contributed by atoms with van der Waals surface area (Å²) in [7, 11) is 1.88. The zero-order valence-corrected chi connectivity index (χ0v) is 7.59. The fourth-order valence-corrected chi connectivity index (χ4v) is 1.73. The lowest BCUT2D eigenvalue weighted by Gasteiger charge is -2.13. The van der Waals surface area contributed by atoms with Crippen LogP contribution in [-0.2, 0) is 13.5 Å². The SMILES string of the molecule is Cn1ncc2c1CC(C)(C)C2=O. The number of rotatable bonds is 0. The van der Waals surface area contributed by atoms with Crippen molar-refractivity contribution >= 4 is 5.78 Å². The van der Waals surface area contributed by atoms with E-state index >= 15 is 0 Å². The molecule has 0 radical (unpaired) electrons. The molecule has 3 heteroatoms. The predicted octanol–water partition coefficient (Wildman–Crippen LogP) is 1.19. The number of carbonyl (C=O) groups excluding carboxylic acids is 1. The second-order valence-electron chi connectivity index (χ2n) is 4.02. The van der Waals surface area contributed by atoms with Gasteiger partial charge in [0.15, 0.2) is 5.78 Å². The summed E-state index contributed by atoms with van der Waals surface area (Å²) in [6, 6.07) is 0. The molecule has 0 fully saturated rings. The van der Waals surface area contributed by atoms with E-state index in [2.05, 4.69) is 5.10 Å².